The molecule has 4 aliphatic rings. The van der Waals surface area contributed by atoms with Crippen LogP contribution in [0, 0.1) is 36.5 Å². The first-order chi connectivity index (χ1) is 17.4. The van der Waals surface area contributed by atoms with Crippen LogP contribution in [0.3, 0.4) is 0 Å². The number of aryl methyl sites for hydroxylation is 1. The molecule has 3 fully saturated rings. The highest BCUT2D eigenvalue weighted by atomic mass is 16.5. The van der Waals surface area contributed by atoms with Crippen molar-refractivity contribution in [1.29, 1.82) is 0 Å². The second kappa shape index (κ2) is 8.33. The number of fused-ring (bicyclic) bond motifs is 5. The number of carbonyl (C=O) groups excluding carboxylic acids is 4. The topological polar surface area (TPSA) is 93.2 Å². The lowest BCUT2D eigenvalue weighted by Gasteiger charge is -2.20. The summed E-state index contributed by atoms with van der Waals surface area (Å²) in [7, 11) is 1.56. The number of amides is 3. The van der Waals surface area contributed by atoms with Gasteiger partial charge in [0.25, 0.3) is 0 Å². The molecule has 2 aromatic carbocycles. The number of methoxy groups -OCH3 is 1. The Bertz CT molecular complexity index is 1300. The van der Waals surface area contributed by atoms with Crippen molar-refractivity contribution < 1.29 is 28.7 Å². The Balaban J connectivity index is 1.15. The fourth-order valence-electron chi connectivity index (χ4n) is 6.17. The van der Waals surface area contributed by atoms with Gasteiger partial charge in [0, 0.05) is 24.7 Å². The van der Waals surface area contributed by atoms with Crippen molar-refractivity contribution in [2.75, 3.05) is 23.5 Å². The van der Waals surface area contributed by atoms with Crippen LogP contribution < -0.4 is 19.3 Å². The zero-order chi connectivity index (χ0) is 25.1. The van der Waals surface area contributed by atoms with Gasteiger partial charge in [-0.05, 0) is 61.1 Å². The van der Waals surface area contributed by atoms with Gasteiger partial charge in [0.15, 0.2) is 0 Å². The van der Waals surface area contributed by atoms with Gasteiger partial charge in [-0.2, -0.15) is 0 Å². The normalized spacial score (nSPS) is 28.3. The summed E-state index contributed by atoms with van der Waals surface area (Å²) in [6.45, 7) is 2.01. The zero-order valence-electron chi connectivity index (χ0n) is 20.0. The molecule has 0 unspecified atom stereocenters. The van der Waals surface area contributed by atoms with E-state index < -0.39 is 11.9 Å². The second-order valence-corrected chi connectivity index (χ2v) is 9.99. The largest absolute Gasteiger partial charge is 0.497 e. The molecule has 2 bridgehead atoms. The van der Waals surface area contributed by atoms with E-state index >= 15 is 0 Å². The Labute approximate surface area is 208 Å². The fraction of sp³-hybridized carbons (Fsp3) is 0.357. The molecule has 6 rings (SSSR count). The Morgan fingerprint density at radius 1 is 0.944 bits per heavy atom. The summed E-state index contributed by atoms with van der Waals surface area (Å²) >= 11 is 0. The number of nitrogens with zero attached hydrogens (tertiary/aromatic N) is 2. The van der Waals surface area contributed by atoms with Gasteiger partial charge in [-0.25, -0.2) is 4.90 Å². The van der Waals surface area contributed by atoms with Crippen LogP contribution in [0.5, 0.6) is 11.5 Å². The number of anilines is 2. The quantitative estimate of drug-likeness (QED) is 0.279. The van der Waals surface area contributed by atoms with E-state index in [1.165, 1.54) is 4.90 Å². The summed E-state index contributed by atoms with van der Waals surface area (Å²) < 4.78 is 10.8. The third kappa shape index (κ3) is 3.43. The van der Waals surface area contributed by atoms with E-state index in [2.05, 4.69) is 12.2 Å². The summed E-state index contributed by atoms with van der Waals surface area (Å²) in [6, 6.07) is 12.0. The molecule has 0 radical (unpaired) electrons. The van der Waals surface area contributed by atoms with Crippen LogP contribution in [0.2, 0.25) is 0 Å². The average molecular weight is 487 g/mol. The van der Waals surface area contributed by atoms with Crippen LogP contribution >= 0.6 is 0 Å². The number of hydrogen-bond acceptors (Lipinski definition) is 6. The van der Waals surface area contributed by atoms with Gasteiger partial charge >= 0.3 is 5.97 Å². The molecule has 2 aromatic rings. The molecular formula is C28H26N2O6. The minimum Gasteiger partial charge on any atom is -0.497 e. The first-order valence-corrected chi connectivity index (χ1v) is 12.2. The van der Waals surface area contributed by atoms with Crippen molar-refractivity contribution in [3.8, 4) is 11.5 Å². The molecule has 3 amide bonds. The number of carbonyl (C=O) groups is 4. The third-order valence-corrected chi connectivity index (χ3v) is 7.92. The van der Waals surface area contributed by atoms with Crippen molar-refractivity contribution in [3.05, 3.63) is 60.2 Å². The molecule has 2 heterocycles. The molecule has 2 saturated heterocycles. The number of imide groups is 1. The van der Waals surface area contributed by atoms with Crippen LogP contribution in [0.1, 0.15) is 18.4 Å². The lowest BCUT2D eigenvalue weighted by Crippen LogP contribution is -2.33. The van der Waals surface area contributed by atoms with E-state index in [4.69, 9.17) is 9.47 Å². The van der Waals surface area contributed by atoms with E-state index in [9.17, 15) is 19.2 Å². The molecule has 0 aromatic heterocycles. The Hall–Kier alpha value is -3.94. The van der Waals surface area contributed by atoms with Gasteiger partial charge in [-0.3, -0.25) is 19.2 Å². The van der Waals surface area contributed by atoms with Crippen LogP contribution in [0.25, 0.3) is 0 Å². The fourth-order valence-corrected chi connectivity index (χ4v) is 6.17. The molecule has 36 heavy (non-hydrogen) atoms. The van der Waals surface area contributed by atoms with Crippen molar-refractivity contribution in [1.82, 2.24) is 0 Å². The number of ether oxygens (including phenoxy) is 2. The monoisotopic (exact) mass is 486 g/mol. The average Bonchev–Trinajstić information content (AvgIpc) is 3.63. The zero-order valence-corrected chi connectivity index (χ0v) is 20.0. The predicted octanol–water partition coefficient (Wildman–Crippen LogP) is 3.27. The molecule has 184 valence electrons. The van der Waals surface area contributed by atoms with Crippen LogP contribution in [-0.4, -0.2) is 37.3 Å². The smallest absolute Gasteiger partial charge is 0.316 e. The summed E-state index contributed by atoms with van der Waals surface area (Å²) in [6.07, 6.45) is 5.08. The van der Waals surface area contributed by atoms with Gasteiger partial charge < -0.3 is 14.4 Å². The van der Waals surface area contributed by atoms with Crippen molar-refractivity contribution in [3.63, 3.8) is 0 Å². The molecule has 0 spiro atoms. The maximum Gasteiger partial charge on any atom is 0.316 e. The Morgan fingerprint density at radius 3 is 2.33 bits per heavy atom. The van der Waals surface area contributed by atoms with E-state index in [1.807, 2.05) is 0 Å². The summed E-state index contributed by atoms with van der Waals surface area (Å²) in [4.78, 5) is 54.6. The maximum absolute atomic E-state index is 13.1. The van der Waals surface area contributed by atoms with Crippen molar-refractivity contribution in [2.45, 2.75) is 19.8 Å². The van der Waals surface area contributed by atoms with Gasteiger partial charge in [0.1, 0.15) is 11.5 Å². The summed E-state index contributed by atoms with van der Waals surface area (Å²) in [5.41, 5.74) is 1.87. The first kappa shape index (κ1) is 22.5. The Morgan fingerprint density at radius 2 is 1.67 bits per heavy atom. The van der Waals surface area contributed by atoms with Gasteiger partial charge in [0.05, 0.1) is 30.6 Å². The molecule has 0 N–H and O–H groups in total. The lowest BCUT2D eigenvalue weighted by atomic mass is 9.85. The summed E-state index contributed by atoms with van der Waals surface area (Å²) in [5, 5.41) is 0. The van der Waals surface area contributed by atoms with Gasteiger partial charge in [-0.15, -0.1) is 0 Å². The van der Waals surface area contributed by atoms with Crippen molar-refractivity contribution in [2.24, 2.45) is 29.6 Å². The highest BCUT2D eigenvalue weighted by Crippen LogP contribution is 2.53. The van der Waals surface area contributed by atoms with E-state index in [1.54, 1.807) is 61.4 Å². The van der Waals surface area contributed by atoms with Gasteiger partial charge in [0.2, 0.25) is 17.7 Å². The number of allylic oxidation sites excluding steroid dienone is 2. The number of benzene rings is 2. The minimum atomic E-state index is -0.604. The lowest BCUT2D eigenvalue weighted by molar-refractivity contribution is -0.139. The maximum atomic E-state index is 13.1. The molecule has 8 nitrogen and oxygen atoms in total. The molecule has 5 atom stereocenters. The second-order valence-electron chi connectivity index (χ2n) is 9.99. The third-order valence-electron chi connectivity index (χ3n) is 7.92. The van der Waals surface area contributed by atoms with E-state index in [-0.39, 0.29) is 54.4 Å². The van der Waals surface area contributed by atoms with Crippen LogP contribution in [0.15, 0.2) is 54.6 Å². The summed E-state index contributed by atoms with van der Waals surface area (Å²) in [5.74, 6) is -0.836. The number of rotatable bonds is 5. The predicted molar refractivity (Wildman–Crippen MR) is 130 cm³/mol. The van der Waals surface area contributed by atoms with Crippen LogP contribution in [-0.2, 0) is 19.2 Å². The number of hydrogen-bond donors (Lipinski definition) is 0. The SMILES string of the molecule is COc1cccc(N2C[C@H](C(=O)Oc3ccc(N4C(=O)[C@@H]5[C@H](C4=O)[C@H]4C=C[C@H]5C4)c(C)c3)CC2=O)c1. The molecule has 2 aliphatic carbocycles. The van der Waals surface area contributed by atoms with E-state index in [0.717, 1.165) is 6.42 Å². The highest BCUT2D eigenvalue weighted by Gasteiger charge is 2.59. The molecular weight excluding hydrogens is 460 g/mol. The highest BCUT2D eigenvalue weighted by molar-refractivity contribution is 6.23. The van der Waals surface area contributed by atoms with E-state index in [0.29, 0.717) is 28.4 Å². The number of esters is 1. The molecule has 1 saturated carbocycles. The van der Waals surface area contributed by atoms with Crippen molar-refractivity contribution >= 4 is 35.1 Å². The molecule has 8 heteroatoms. The molecule has 2 aliphatic heterocycles. The Kier molecular flexibility index (Phi) is 5.21. The first-order valence-electron chi connectivity index (χ1n) is 12.2. The van der Waals surface area contributed by atoms with Gasteiger partial charge in [-0.1, -0.05) is 18.2 Å². The van der Waals surface area contributed by atoms with Crippen LogP contribution in [0.4, 0.5) is 11.4 Å². The minimum absolute atomic E-state index is 0.0586. The standard InChI is InChI=1S/C28H26N2O6/c1-15-10-21(8-9-22(15)30-26(32)24-16-6-7-17(11-16)25(24)27(30)33)36-28(34)18-12-23(31)29(14-18)19-4-3-5-20(13-19)35-2/h3-10,13,16-18,24-25H,11-12,14H2,1-2H3/t16-,17-,18+,24-,25+/m0/s1.